The van der Waals surface area contributed by atoms with Gasteiger partial charge in [-0.05, 0) is 83.2 Å². The summed E-state index contributed by atoms with van der Waals surface area (Å²) in [5.41, 5.74) is 3.60. The van der Waals surface area contributed by atoms with Gasteiger partial charge in [0, 0.05) is 0 Å². The third kappa shape index (κ3) is 4.97. The summed E-state index contributed by atoms with van der Waals surface area (Å²) >= 11 is 0. The summed E-state index contributed by atoms with van der Waals surface area (Å²) in [4.78, 5) is 0. The molecule has 3 aromatic carbocycles. The Balaban J connectivity index is 1.48. The van der Waals surface area contributed by atoms with E-state index < -0.39 is 6.36 Å². The molecule has 0 aromatic heterocycles. The summed E-state index contributed by atoms with van der Waals surface area (Å²) in [5, 5.41) is 1.61. The Labute approximate surface area is 175 Å². The normalized spacial score (nSPS) is 19.7. The predicted octanol–water partition coefficient (Wildman–Crippen LogP) is 8.48. The topological polar surface area (TPSA) is 9.23 Å². The quantitative estimate of drug-likeness (QED) is 0.408. The van der Waals surface area contributed by atoms with Gasteiger partial charge in [0.25, 0.3) is 0 Å². The lowest BCUT2D eigenvalue weighted by Gasteiger charge is -2.28. The van der Waals surface area contributed by atoms with Crippen molar-refractivity contribution >= 4 is 10.8 Å². The second-order valence-corrected chi connectivity index (χ2v) is 8.40. The van der Waals surface area contributed by atoms with Crippen LogP contribution in [0.2, 0.25) is 0 Å². The maximum absolute atomic E-state index is 12.4. The first-order valence-corrected chi connectivity index (χ1v) is 10.8. The molecular formula is C26H27F3O. The number of hydrogen-bond donors (Lipinski definition) is 0. The van der Waals surface area contributed by atoms with Gasteiger partial charge in [-0.25, -0.2) is 0 Å². The van der Waals surface area contributed by atoms with Gasteiger partial charge in [0.05, 0.1) is 0 Å². The van der Waals surface area contributed by atoms with E-state index in [-0.39, 0.29) is 5.75 Å². The van der Waals surface area contributed by atoms with Gasteiger partial charge in [0.1, 0.15) is 5.75 Å². The summed E-state index contributed by atoms with van der Waals surface area (Å²) in [7, 11) is 0. The minimum atomic E-state index is -4.68. The van der Waals surface area contributed by atoms with Crippen molar-refractivity contribution in [3.8, 4) is 16.9 Å². The lowest BCUT2D eigenvalue weighted by molar-refractivity contribution is -0.274. The van der Waals surface area contributed by atoms with Crippen LogP contribution in [0.25, 0.3) is 21.9 Å². The van der Waals surface area contributed by atoms with Crippen LogP contribution in [0, 0.1) is 5.92 Å². The molecule has 0 aliphatic heterocycles. The van der Waals surface area contributed by atoms with Crippen molar-refractivity contribution in [2.24, 2.45) is 5.92 Å². The van der Waals surface area contributed by atoms with Crippen LogP contribution in [0.15, 0.2) is 60.7 Å². The second kappa shape index (κ2) is 8.71. The van der Waals surface area contributed by atoms with E-state index in [9.17, 15) is 13.2 Å². The van der Waals surface area contributed by atoms with E-state index in [1.165, 1.54) is 56.2 Å². The van der Waals surface area contributed by atoms with E-state index in [1.54, 1.807) is 6.07 Å². The van der Waals surface area contributed by atoms with Crippen LogP contribution in [-0.4, -0.2) is 6.36 Å². The summed E-state index contributed by atoms with van der Waals surface area (Å²) < 4.78 is 41.3. The summed E-state index contributed by atoms with van der Waals surface area (Å²) in [6, 6.07) is 19.1. The van der Waals surface area contributed by atoms with E-state index in [0.29, 0.717) is 5.92 Å². The Morgan fingerprint density at radius 2 is 1.43 bits per heavy atom. The van der Waals surface area contributed by atoms with Gasteiger partial charge in [-0.1, -0.05) is 62.2 Å². The van der Waals surface area contributed by atoms with Crippen LogP contribution >= 0.6 is 0 Å². The number of hydrogen-bond acceptors (Lipinski definition) is 1. The molecule has 0 saturated heterocycles. The highest BCUT2D eigenvalue weighted by molar-refractivity contribution is 5.88. The number of halogens is 3. The molecule has 30 heavy (non-hydrogen) atoms. The highest BCUT2D eigenvalue weighted by Gasteiger charge is 2.31. The minimum Gasteiger partial charge on any atom is -0.406 e. The van der Waals surface area contributed by atoms with Gasteiger partial charge in [-0.15, -0.1) is 13.2 Å². The number of fused-ring (bicyclic) bond motifs is 1. The molecule has 1 nitrogen and oxygen atoms in total. The Morgan fingerprint density at radius 3 is 2.10 bits per heavy atom. The van der Waals surface area contributed by atoms with Crippen LogP contribution in [0.3, 0.4) is 0 Å². The van der Waals surface area contributed by atoms with Crippen molar-refractivity contribution in [2.45, 2.75) is 57.7 Å². The fourth-order valence-corrected chi connectivity index (χ4v) is 4.74. The minimum absolute atomic E-state index is 0.194. The van der Waals surface area contributed by atoms with Crippen molar-refractivity contribution in [1.82, 2.24) is 0 Å². The summed E-state index contributed by atoms with van der Waals surface area (Å²) in [6.07, 6.45) is 3.20. The first-order valence-electron chi connectivity index (χ1n) is 10.8. The number of benzene rings is 3. The first-order chi connectivity index (χ1) is 14.4. The van der Waals surface area contributed by atoms with E-state index in [1.807, 2.05) is 18.2 Å². The SMILES string of the molecule is CCC[C@H]1CC[C@H](c2ccc(-c3ccc4cc(OC(F)(F)F)ccc4c3)cc2)CC1. The average molecular weight is 412 g/mol. The van der Waals surface area contributed by atoms with E-state index in [0.717, 1.165) is 27.8 Å². The van der Waals surface area contributed by atoms with Crippen LogP contribution < -0.4 is 4.74 Å². The van der Waals surface area contributed by atoms with Crippen molar-refractivity contribution in [3.63, 3.8) is 0 Å². The Hall–Kier alpha value is -2.49. The van der Waals surface area contributed by atoms with E-state index in [2.05, 4.69) is 35.9 Å². The van der Waals surface area contributed by atoms with Gasteiger partial charge in [-0.3, -0.25) is 0 Å². The van der Waals surface area contributed by atoms with Gasteiger partial charge >= 0.3 is 6.36 Å². The number of rotatable bonds is 5. The van der Waals surface area contributed by atoms with Crippen molar-refractivity contribution in [2.75, 3.05) is 0 Å². The Bertz CT molecular complexity index is 983. The molecule has 1 fully saturated rings. The molecule has 158 valence electrons. The molecule has 0 amide bonds. The largest absolute Gasteiger partial charge is 0.573 e. The fraction of sp³-hybridized carbons (Fsp3) is 0.385. The van der Waals surface area contributed by atoms with Crippen molar-refractivity contribution in [1.29, 1.82) is 0 Å². The molecule has 1 saturated carbocycles. The van der Waals surface area contributed by atoms with Crippen molar-refractivity contribution in [3.05, 3.63) is 66.2 Å². The maximum Gasteiger partial charge on any atom is 0.573 e. The molecule has 0 spiro atoms. The lowest BCUT2D eigenvalue weighted by atomic mass is 9.77. The zero-order valence-electron chi connectivity index (χ0n) is 17.2. The fourth-order valence-electron chi connectivity index (χ4n) is 4.74. The van der Waals surface area contributed by atoms with Crippen LogP contribution in [0.1, 0.15) is 56.9 Å². The molecule has 0 radical (unpaired) electrons. The van der Waals surface area contributed by atoms with Gasteiger partial charge < -0.3 is 4.74 Å². The second-order valence-electron chi connectivity index (χ2n) is 8.40. The number of alkyl halides is 3. The standard InChI is InChI=1S/C26H27F3O/c1-2-3-18-4-6-19(7-5-18)20-8-10-21(11-9-20)22-12-13-24-17-25(30-26(27,28)29)15-14-23(24)16-22/h8-19H,2-7H2,1H3/t18-,19-. The third-order valence-corrected chi connectivity index (χ3v) is 6.30. The monoisotopic (exact) mass is 412 g/mol. The molecule has 1 aliphatic carbocycles. The molecular weight excluding hydrogens is 385 g/mol. The zero-order chi connectivity index (χ0) is 21.1. The molecule has 0 bridgehead atoms. The molecule has 0 heterocycles. The maximum atomic E-state index is 12.4. The molecule has 3 aromatic rings. The van der Waals surface area contributed by atoms with Gasteiger partial charge in [0.2, 0.25) is 0 Å². The van der Waals surface area contributed by atoms with E-state index in [4.69, 9.17) is 0 Å². The highest BCUT2D eigenvalue weighted by Crippen LogP contribution is 2.38. The summed E-state index contributed by atoms with van der Waals surface area (Å²) in [5.74, 6) is 1.38. The van der Waals surface area contributed by atoms with Gasteiger partial charge in [-0.2, -0.15) is 0 Å². The zero-order valence-corrected chi connectivity index (χ0v) is 17.2. The molecule has 0 N–H and O–H groups in total. The first kappa shape index (κ1) is 20.8. The molecule has 0 atom stereocenters. The third-order valence-electron chi connectivity index (χ3n) is 6.30. The Morgan fingerprint density at radius 1 is 0.800 bits per heavy atom. The van der Waals surface area contributed by atoms with Crippen molar-refractivity contribution < 1.29 is 17.9 Å². The lowest BCUT2D eigenvalue weighted by Crippen LogP contribution is -2.16. The Kier molecular flexibility index (Phi) is 6.03. The molecule has 1 aliphatic rings. The number of ether oxygens (including phenoxy) is 1. The molecule has 4 rings (SSSR count). The average Bonchev–Trinajstić information content (AvgIpc) is 2.73. The van der Waals surface area contributed by atoms with E-state index >= 15 is 0 Å². The summed E-state index contributed by atoms with van der Waals surface area (Å²) in [6.45, 7) is 2.27. The van der Waals surface area contributed by atoms with Crippen LogP contribution in [-0.2, 0) is 0 Å². The highest BCUT2D eigenvalue weighted by atomic mass is 19.4. The van der Waals surface area contributed by atoms with Crippen LogP contribution in [0.4, 0.5) is 13.2 Å². The predicted molar refractivity (Wildman–Crippen MR) is 116 cm³/mol. The molecule has 0 unspecified atom stereocenters. The smallest absolute Gasteiger partial charge is 0.406 e. The van der Waals surface area contributed by atoms with Crippen LogP contribution in [0.5, 0.6) is 5.75 Å². The molecule has 4 heteroatoms. The van der Waals surface area contributed by atoms with Gasteiger partial charge in [0.15, 0.2) is 0 Å².